The first-order valence-corrected chi connectivity index (χ1v) is 19.2. The van der Waals surface area contributed by atoms with E-state index in [1.807, 2.05) is 27.7 Å². The molecule has 5 rings (SSSR count). The Labute approximate surface area is 316 Å². The number of carbonyl (C=O) groups is 2. The molecule has 1 aliphatic carbocycles. The average Bonchev–Trinajstić information content (AvgIpc) is 3.52. The largest absolute Gasteiger partial charge is 0.418 e. The van der Waals surface area contributed by atoms with Gasteiger partial charge in [-0.3, -0.25) is 9.59 Å². The Bertz CT molecular complexity index is 1820. The fourth-order valence-electron chi connectivity index (χ4n) is 7.72. The molecule has 12 heteroatoms. The maximum atomic E-state index is 14.9. The molecule has 5 N–H and O–H groups in total. The molecule has 1 aromatic heterocycles. The number of aromatic amines is 1. The first-order valence-electron chi connectivity index (χ1n) is 19.2. The molecule has 2 aliphatic rings. The molecule has 3 aromatic rings. The number of carbonyl (C=O) groups excluding carboxylic acids is 2. The maximum absolute atomic E-state index is 14.9. The molecule has 0 radical (unpaired) electrons. The number of alkyl halides is 3. The van der Waals surface area contributed by atoms with E-state index in [-0.39, 0.29) is 48.1 Å². The lowest BCUT2D eigenvalue weighted by Crippen LogP contribution is -2.63. The Hall–Kier alpha value is -4.32. The SMILES string of the molecule is C=C(N[C@]1(C(=O)N[C@H](C(=C)NCC2CCOCC2)C(C)CC)CCc2[nH]c3c(C(F)(F)F)cccc3c2C1)[C@@H](NC(=O)Cc1ccccc1F)C(C)CC. The molecule has 2 heterocycles. The highest BCUT2D eigenvalue weighted by molar-refractivity contribution is 5.92. The smallest absolute Gasteiger partial charge is 0.387 e. The van der Waals surface area contributed by atoms with E-state index < -0.39 is 41.1 Å². The standard InChI is InChI=1S/C42H55F4N5O3/c1-7-25(3)37(27(5)47-24-29-17-20-54-21-18-29)50-40(53)41(19-16-35-32(23-41)31-13-11-14-33(39(31)48-35)42(44,45)46)51-28(6)38(26(4)8-2)49-36(52)22-30-12-9-10-15-34(30)43/h9-15,25-26,29,37-38,47-48,51H,5-8,16-24H2,1-4H3,(H,49,52)(H,50,53)/t25?,26?,37-,38-,41+/m0/s1. The topological polar surface area (TPSA) is 107 Å². The van der Waals surface area contributed by atoms with E-state index in [4.69, 9.17) is 4.74 Å². The van der Waals surface area contributed by atoms with Gasteiger partial charge < -0.3 is 31.0 Å². The minimum Gasteiger partial charge on any atom is -0.387 e. The summed E-state index contributed by atoms with van der Waals surface area (Å²) in [6.45, 7) is 18.8. The van der Waals surface area contributed by atoms with Gasteiger partial charge in [0.25, 0.3) is 0 Å². The van der Waals surface area contributed by atoms with Crippen LogP contribution in [0, 0.1) is 23.6 Å². The minimum atomic E-state index is -4.57. The number of ether oxygens (including phenoxy) is 1. The van der Waals surface area contributed by atoms with Gasteiger partial charge in [-0.2, -0.15) is 13.2 Å². The van der Waals surface area contributed by atoms with Crippen molar-refractivity contribution in [3.8, 4) is 0 Å². The number of halogens is 4. The van der Waals surface area contributed by atoms with Crippen molar-refractivity contribution in [3.05, 3.63) is 95.2 Å². The lowest BCUT2D eigenvalue weighted by Gasteiger charge is -2.42. The summed E-state index contributed by atoms with van der Waals surface area (Å²) in [6.07, 6.45) is -0.860. The summed E-state index contributed by atoms with van der Waals surface area (Å²) in [4.78, 5) is 31.3. The van der Waals surface area contributed by atoms with Crippen molar-refractivity contribution in [2.45, 2.75) is 103 Å². The Balaban J connectivity index is 1.47. The van der Waals surface area contributed by atoms with Gasteiger partial charge in [0.05, 0.1) is 29.6 Å². The zero-order valence-electron chi connectivity index (χ0n) is 31.9. The van der Waals surface area contributed by atoms with Crippen LogP contribution in [-0.4, -0.2) is 54.2 Å². The number of rotatable bonds is 16. The van der Waals surface area contributed by atoms with Crippen LogP contribution in [0.1, 0.15) is 82.2 Å². The predicted octanol–water partition coefficient (Wildman–Crippen LogP) is 7.49. The molecule has 0 spiro atoms. The van der Waals surface area contributed by atoms with Gasteiger partial charge in [0.15, 0.2) is 0 Å². The lowest BCUT2D eigenvalue weighted by atomic mass is 9.77. The van der Waals surface area contributed by atoms with E-state index in [9.17, 15) is 27.2 Å². The molecule has 1 saturated heterocycles. The summed E-state index contributed by atoms with van der Waals surface area (Å²) in [6, 6.07) is 9.11. The average molecular weight is 754 g/mol. The molecule has 0 saturated carbocycles. The number of aryl methyl sites for hydroxylation is 1. The molecule has 5 atom stereocenters. The molecular formula is C42H55F4N5O3. The Morgan fingerprint density at radius 1 is 0.963 bits per heavy atom. The molecule has 54 heavy (non-hydrogen) atoms. The number of nitrogens with one attached hydrogen (secondary N) is 5. The van der Waals surface area contributed by atoms with E-state index in [0.717, 1.165) is 25.3 Å². The van der Waals surface area contributed by atoms with Crippen molar-refractivity contribution in [1.82, 2.24) is 26.3 Å². The quantitative estimate of drug-likeness (QED) is 0.0976. The predicted molar refractivity (Wildman–Crippen MR) is 204 cm³/mol. The number of H-pyrrole nitrogens is 1. The number of benzene rings is 2. The van der Waals surface area contributed by atoms with Crippen LogP contribution in [0.5, 0.6) is 0 Å². The zero-order valence-corrected chi connectivity index (χ0v) is 31.9. The van der Waals surface area contributed by atoms with Crippen molar-refractivity contribution >= 4 is 22.7 Å². The number of fused-ring (bicyclic) bond motifs is 3. The monoisotopic (exact) mass is 753 g/mol. The van der Waals surface area contributed by atoms with Crippen molar-refractivity contribution in [2.24, 2.45) is 17.8 Å². The summed E-state index contributed by atoms with van der Waals surface area (Å²) < 4.78 is 62.3. The molecule has 294 valence electrons. The third-order valence-corrected chi connectivity index (χ3v) is 11.5. The van der Waals surface area contributed by atoms with E-state index >= 15 is 0 Å². The highest BCUT2D eigenvalue weighted by Gasteiger charge is 2.46. The Kier molecular flexibility index (Phi) is 13.2. The lowest BCUT2D eigenvalue weighted by molar-refractivity contribution is -0.136. The second kappa shape index (κ2) is 17.4. The van der Waals surface area contributed by atoms with Crippen LogP contribution in [-0.2, 0) is 39.8 Å². The number of aromatic nitrogens is 1. The van der Waals surface area contributed by atoms with Crippen LogP contribution in [0.2, 0.25) is 0 Å². The Morgan fingerprint density at radius 2 is 1.63 bits per heavy atom. The summed E-state index contributed by atoms with van der Waals surface area (Å²) in [5.74, 6) is -0.917. The van der Waals surface area contributed by atoms with Crippen LogP contribution < -0.4 is 21.3 Å². The van der Waals surface area contributed by atoms with Crippen molar-refractivity contribution in [2.75, 3.05) is 19.8 Å². The van der Waals surface area contributed by atoms with Gasteiger partial charge in [-0.05, 0) is 66.7 Å². The molecule has 0 bridgehead atoms. The van der Waals surface area contributed by atoms with Crippen LogP contribution in [0.25, 0.3) is 10.9 Å². The molecule has 2 unspecified atom stereocenters. The second-order valence-electron chi connectivity index (χ2n) is 15.2. The van der Waals surface area contributed by atoms with Gasteiger partial charge in [0.1, 0.15) is 11.4 Å². The van der Waals surface area contributed by atoms with E-state index in [0.29, 0.717) is 66.6 Å². The summed E-state index contributed by atoms with van der Waals surface area (Å²) >= 11 is 0. The molecule has 1 fully saturated rings. The molecule has 2 amide bonds. The van der Waals surface area contributed by atoms with Gasteiger partial charge in [-0.1, -0.05) is 84.0 Å². The number of para-hydroxylation sites is 1. The van der Waals surface area contributed by atoms with Gasteiger partial charge in [-0.15, -0.1) is 0 Å². The van der Waals surface area contributed by atoms with Gasteiger partial charge in [0, 0.05) is 48.7 Å². The van der Waals surface area contributed by atoms with E-state index in [1.54, 1.807) is 24.3 Å². The highest BCUT2D eigenvalue weighted by Crippen LogP contribution is 2.40. The summed E-state index contributed by atoms with van der Waals surface area (Å²) in [5, 5.41) is 13.7. The summed E-state index contributed by atoms with van der Waals surface area (Å²) in [5.41, 5.74) is 0.486. The molecule has 8 nitrogen and oxygen atoms in total. The summed E-state index contributed by atoms with van der Waals surface area (Å²) in [7, 11) is 0. The third kappa shape index (κ3) is 9.30. The van der Waals surface area contributed by atoms with Crippen molar-refractivity contribution in [1.29, 1.82) is 0 Å². The number of amides is 2. The van der Waals surface area contributed by atoms with Gasteiger partial charge >= 0.3 is 6.18 Å². The first kappa shape index (κ1) is 40.9. The van der Waals surface area contributed by atoms with Gasteiger partial charge in [-0.25, -0.2) is 4.39 Å². The van der Waals surface area contributed by atoms with Crippen molar-refractivity contribution < 1.29 is 31.9 Å². The molecule has 1 aliphatic heterocycles. The number of hydrogen-bond acceptors (Lipinski definition) is 5. The van der Waals surface area contributed by atoms with Crippen LogP contribution in [0.15, 0.2) is 67.0 Å². The minimum absolute atomic E-state index is 0.00824. The second-order valence-corrected chi connectivity index (χ2v) is 15.2. The van der Waals surface area contributed by atoms with Crippen molar-refractivity contribution in [3.63, 3.8) is 0 Å². The molecular weight excluding hydrogens is 698 g/mol. The van der Waals surface area contributed by atoms with E-state index in [1.165, 1.54) is 12.1 Å². The molecule has 2 aromatic carbocycles. The van der Waals surface area contributed by atoms with Crippen LogP contribution in [0.3, 0.4) is 0 Å². The normalized spacial score (nSPS) is 19.9. The maximum Gasteiger partial charge on any atom is 0.418 e. The Morgan fingerprint density at radius 3 is 2.28 bits per heavy atom. The fourth-order valence-corrected chi connectivity index (χ4v) is 7.72. The third-order valence-electron chi connectivity index (χ3n) is 11.5. The van der Waals surface area contributed by atoms with E-state index in [2.05, 4.69) is 39.4 Å². The number of hydrogen-bond donors (Lipinski definition) is 5. The fraction of sp³-hybridized carbons (Fsp3) is 0.524. The van der Waals surface area contributed by atoms with Gasteiger partial charge in [0.2, 0.25) is 11.8 Å². The zero-order chi connectivity index (χ0) is 39.2. The van der Waals surface area contributed by atoms with Crippen LogP contribution >= 0.6 is 0 Å². The van der Waals surface area contributed by atoms with Crippen LogP contribution in [0.4, 0.5) is 17.6 Å². The highest BCUT2D eigenvalue weighted by atomic mass is 19.4. The first-order chi connectivity index (χ1) is 25.7.